The first-order chi connectivity index (χ1) is 14.5. The molecule has 31 heavy (non-hydrogen) atoms. The van der Waals surface area contributed by atoms with Crippen LogP contribution < -0.4 is 15.1 Å². The molecular weight excluding hydrogens is 432 g/mol. The summed E-state index contributed by atoms with van der Waals surface area (Å²) >= 11 is 5.45. The maximum atomic E-state index is 14.3. The Bertz CT molecular complexity index is 1030. The molecule has 5 nitrogen and oxygen atoms in total. The van der Waals surface area contributed by atoms with E-state index in [0.29, 0.717) is 11.4 Å². The van der Waals surface area contributed by atoms with Gasteiger partial charge >= 0.3 is 6.18 Å². The molecule has 0 heterocycles. The third-order valence-corrected chi connectivity index (χ3v) is 5.21. The number of amides is 1. The van der Waals surface area contributed by atoms with Gasteiger partial charge in [0, 0.05) is 38.9 Å². The van der Waals surface area contributed by atoms with E-state index in [1.165, 1.54) is 41.1 Å². The lowest BCUT2D eigenvalue weighted by Crippen LogP contribution is -2.38. The Morgan fingerprint density at radius 3 is 2.23 bits per heavy atom. The lowest BCUT2D eigenvalue weighted by atomic mass is 10.0. The molecule has 164 valence electrons. The number of thiocarbonyl (C=S) groups is 1. The Hall–Kier alpha value is -3.19. The summed E-state index contributed by atoms with van der Waals surface area (Å²) in [7, 11) is 4.61. The van der Waals surface area contributed by atoms with Crippen LogP contribution in [0.4, 0.5) is 28.9 Å². The highest BCUT2D eigenvalue weighted by atomic mass is 32.1. The predicted octanol–water partition coefficient (Wildman–Crippen LogP) is 4.41. The number of halogens is 4. The van der Waals surface area contributed by atoms with Crippen LogP contribution in [0.15, 0.2) is 36.4 Å². The van der Waals surface area contributed by atoms with Gasteiger partial charge in [-0.2, -0.15) is 18.4 Å². The maximum Gasteiger partial charge on any atom is 0.389 e. The van der Waals surface area contributed by atoms with Crippen molar-refractivity contribution >= 4 is 34.6 Å². The first kappa shape index (κ1) is 24.1. The molecule has 0 spiro atoms. The molecule has 0 bridgehead atoms. The number of carbonyl (C=O) groups is 1. The Kier molecular flexibility index (Phi) is 7.57. The highest BCUT2D eigenvalue weighted by Crippen LogP contribution is 2.27. The Morgan fingerprint density at radius 2 is 1.71 bits per heavy atom. The minimum absolute atomic E-state index is 0.111. The second kappa shape index (κ2) is 9.75. The van der Waals surface area contributed by atoms with Crippen LogP contribution in [0.3, 0.4) is 0 Å². The van der Waals surface area contributed by atoms with Crippen molar-refractivity contribution < 1.29 is 22.4 Å². The van der Waals surface area contributed by atoms with Gasteiger partial charge in [-0.25, -0.2) is 4.39 Å². The molecule has 0 fully saturated rings. The molecule has 0 saturated heterocycles. The second-order valence-corrected chi connectivity index (χ2v) is 7.08. The number of rotatable bonds is 5. The van der Waals surface area contributed by atoms with Crippen molar-refractivity contribution in [2.24, 2.45) is 0 Å². The van der Waals surface area contributed by atoms with Crippen molar-refractivity contribution in [3.63, 3.8) is 0 Å². The van der Waals surface area contributed by atoms with Gasteiger partial charge in [-0.15, -0.1) is 0 Å². The molecule has 0 atom stereocenters. The van der Waals surface area contributed by atoms with E-state index < -0.39 is 24.3 Å². The van der Waals surface area contributed by atoms with Crippen molar-refractivity contribution in [1.82, 2.24) is 5.32 Å². The summed E-state index contributed by atoms with van der Waals surface area (Å²) in [5, 5.41) is 11.8. The van der Waals surface area contributed by atoms with Crippen LogP contribution in [-0.2, 0) is 6.42 Å². The van der Waals surface area contributed by atoms with Crippen molar-refractivity contribution in [3.05, 3.63) is 58.9 Å². The molecule has 0 saturated carbocycles. The van der Waals surface area contributed by atoms with E-state index in [4.69, 9.17) is 12.2 Å². The minimum atomic E-state index is -4.34. The van der Waals surface area contributed by atoms with E-state index in [2.05, 4.69) is 5.32 Å². The summed E-state index contributed by atoms with van der Waals surface area (Å²) in [6.45, 7) is 0. The fraction of sp³-hybridized carbons (Fsp3) is 0.286. The van der Waals surface area contributed by atoms with E-state index in [1.54, 1.807) is 20.2 Å². The summed E-state index contributed by atoms with van der Waals surface area (Å²) < 4.78 is 52.1. The molecule has 2 aromatic carbocycles. The van der Waals surface area contributed by atoms with Gasteiger partial charge in [0.25, 0.3) is 5.91 Å². The van der Waals surface area contributed by atoms with Crippen LogP contribution in [0, 0.1) is 17.1 Å². The number of nitrogens with one attached hydrogen (secondary N) is 1. The predicted molar refractivity (Wildman–Crippen MR) is 115 cm³/mol. The molecule has 1 amide bonds. The number of hydrogen-bond donors (Lipinski definition) is 1. The summed E-state index contributed by atoms with van der Waals surface area (Å²) in [6.07, 6.45) is -5.71. The molecule has 0 aliphatic rings. The lowest BCUT2D eigenvalue weighted by molar-refractivity contribution is -0.134. The summed E-state index contributed by atoms with van der Waals surface area (Å²) in [5.74, 6) is -1.28. The third kappa shape index (κ3) is 5.92. The van der Waals surface area contributed by atoms with Crippen LogP contribution in [0.25, 0.3) is 0 Å². The van der Waals surface area contributed by atoms with E-state index >= 15 is 0 Å². The fourth-order valence-corrected chi connectivity index (χ4v) is 3.07. The average molecular weight is 452 g/mol. The van der Waals surface area contributed by atoms with E-state index in [9.17, 15) is 27.6 Å². The van der Waals surface area contributed by atoms with E-state index in [0.717, 1.165) is 6.07 Å². The smallest absolute Gasteiger partial charge is 0.355 e. The molecule has 0 aromatic heterocycles. The molecule has 2 aromatic rings. The van der Waals surface area contributed by atoms with Crippen molar-refractivity contribution in [1.29, 1.82) is 5.26 Å². The normalized spacial score (nSPS) is 10.9. The zero-order valence-electron chi connectivity index (χ0n) is 17.0. The first-order valence-corrected chi connectivity index (χ1v) is 9.52. The van der Waals surface area contributed by atoms with Crippen LogP contribution in [0.2, 0.25) is 0 Å². The lowest BCUT2D eigenvalue weighted by Gasteiger charge is -2.29. The van der Waals surface area contributed by atoms with Gasteiger partial charge < -0.3 is 15.1 Å². The highest BCUT2D eigenvalue weighted by molar-refractivity contribution is 7.80. The van der Waals surface area contributed by atoms with Gasteiger partial charge in [0.1, 0.15) is 5.82 Å². The SMILES string of the molecule is CNC(=O)c1ccc(N(C)C(=S)N(C)c2ccc(C#N)c(CCC(F)(F)F)c2)cc1F. The number of aryl methyl sites for hydroxylation is 1. The molecule has 0 aliphatic carbocycles. The number of carbonyl (C=O) groups excluding carboxylic acids is 1. The topological polar surface area (TPSA) is 59.4 Å². The Labute approximate surface area is 182 Å². The Balaban J connectivity index is 2.27. The number of hydrogen-bond acceptors (Lipinski definition) is 3. The maximum absolute atomic E-state index is 14.3. The van der Waals surface area contributed by atoms with Crippen LogP contribution in [0.1, 0.15) is 27.9 Å². The molecule has 0 unspecified atom stereocenters. The second-order valence-electron chi connectivity index (χ2n) is 6.71. The molecule has 1 N–H and O–H groups in total. The van der Waals surface area contributed by atoms with Gasteiger partial charge in [0.05, 0.1) is 17.2 Å². The molecule has 0 aliphatic heterocycles. The highest BCUT2D eigenvalue weighted by Gasteiger charge is 2.27. The van der Waals surface area contributed by atoms with Gasteiger partial charge in [0.2, 0.25) is 0 Å². The average Bonchev–Trinajstić information content (AvgIpc) is 2.74. The fourth-order valence-electron chi connectivity index (χ4n) is 2.86. The van der Waals surface area contributed by atoms with Crippen molar-refractivity contribution in [3.8, 4) is 6.07 Å². The van der Waals surface area contributed by atoms with Crippen molar-refractivity contribution in [2.75, 3.05) is 30.9 Å². The molecule has 2 rings (SSSR count). The zero-order valence-corrected chi connectivity index (χ0v) is 17.9. The molecular formula is C21H20F4N4OS. The number of alkyl halides is 3. The molecule has 0 radical (unpaired) electrons. The Morgan fingerprint density at radius 1 is 1.13 bits per heavy atom. The van der Waals surface area contributed by atoms with Crippen LogP contribution >= 0.6 is 12.2 Å². The van der Waals surface area contributed by atoms with E-state index in [1.807, 2.05) is 6.07 Å². The minimum Gasteiger partial charge on any atom is -0.355 e. The summed E-state index contributed by atoms with van der Waals surface area (Å²) in [6, 6.07) is 10.4. The van der Waals surface area contributed by atoms with Gasteiger partial charge in [0.15, 0.2) is 5.11 Å². The van der Waals surface area contributed by atoms with Gasteiger partial charge in [-0.1, -0.05) is 0 Å². The monoisotopic (exact) mass is 452 g/mol. The number of nitrogens with zero attached hydrogens (tertiary/aromatic N) is 3. The number of anilines is 2. The first-order valence-electron chi connectivity index (χ1n) is 9.11. The summed E-state index contributed by atoms with van der Waals surface area (Å²) in [5.41, 5.74) is 1.17. The third-order valence-electron chi connectivity index (χ3n) is 4.66. The number of nitriles is 1. The molecule has 10 heteroatoms. The van der Waals surface area contributed by atoms with Gasteiger partial charge in [-0.3, -0.25) is 4.79 Å². The van der Waals surface area contributed by atoms with Gasteiger partial charge in [-0.05, 0) is 60.6 Å². The quantitative estimate of drug-likeness (QED) is 0.538. The largest absolute Gasteiger partial charge is 0.389 e. The number of benzene rings is 2. The van der Waals surface area contributed by atoms with Crippen LogP contribution in [0.5, 0.6) is 0 Å². The van der Waals surface area contributed by atoms with Crippen molar-refractivity contribution in [2.45, 2.75) is 19.0 Å². The standard InChI is InChI=1S/C21H20F4N4OS/c1-27-19(30)17-7-6-16(11-18(17)22)29(3)20(31)28(2)15-5-4-14(12-26)13(10-15)8-9-21(23,24)25/h4-7,10-11H,8-9H2,1-3H3,(H,27,30). The summed E-state index contributed by atoms with van der Waals surface area (Å²) in [4.78, 5) is 14.7. The van der Waals surface area contributed by atoms with E-state index in [-0.39, 0.29) is 28.2 Å². The van der Waals surface area contributed by atoms with Crippen LogP contribution in [-0.4, -0.2) is 38.3 Å². The zero-order chi connectivity index (χ0) is 23.3.